The van der Waals surface area contributed by atoms with E-state index in [0.29, 0.717) is 25.8 Å². The normalized spacial score (nSPS) is 18.8. The highest BCUT2D eigenvalue weighted by molar-refractivity contribution is 6.07. The summed E-state index contributed by atoms with van der Waals surface area (Å²) in [7, 11) is 0. The molecule has 0 saturated carbocycles. The van der Waals surface area contributed by atoms with E-state index >= 15 is 0 Å². The molecule has 6 nitrogen and oxygen atoms in total. The second kappa shape index (κ2) is 9.22. The van der Waals surface area contributed by atoms with Gasteiger partial charge in [0, 0.05) is 30.9 Å². The number of rotatable bonds is 7. The Morgan fingerprint density at radius 2 is 1.93 bits per heavy atom. The predicted octanol–water partition coefficient (Wildman–Crippen LogP) is 2.69. The fourth-order valence-corrected chi connectivity index (χ4v) is 4.13. The molecule has 2 aromatic carbocycles. The molecule has 2 N–H and O–H groups in total. The molecule has 2 aromatic rings. The lowest BCUT2D eigenvalue weighted by Gasteiger charge is -2.33. The third-order valence-electron chi connectivity index (χ3n) is 5.74. The molecule has 2 unspecified atom stereocenters. The number of amides is 1. The first-order chi connectivity index (χ1) is 14.6. The Morgan fingerprint density at radius 1 is 1.17 bits per heavy atom. The van der Waals surface area contributed by atoms with E-state index in [4.69, 9.17) is 10.5 Å². The van der Waals surface area contributed by atoms with E-state index in [0.717, 1.165) is 29.7 Å². The van der Waals surface area contributed by atoms with Crippen LogP contribution in [-0.2, 0) is 27.2 Å². The number of nitrogens with two attached hydrogens (primary N) is 1. The summed E-state index contributed by atoms with van der Waals surface area (Å²) in [4.78, 5) is 24.6. The van der Waals surface area contributed by atoms with E-state index in [-0.39, 0.29) is 18.4 Å². The largest absolute Gasteiger partial charge is 0.464 e. The molecule has 2 atom stereocenters. The fourth-order valence-electron chi connectivity index (χ4n) is 4.13. The smallest absolute Gasteiger partial charge is 0.323 e. The van der Waals surface area contributed by atoms with Gasteiger partial charge in [-0.25, -0.2) is 5.01 Å². The van der Waals surface area contributed by atoms with Crippen LogP contribution < -0.4 is 5.73 Å². The SMILES string of the molecule is NC(Cc1ccccc1)C(=O)OCCCN1N=C2c3ccccc3CCC2CC1=O. The van der Waals surface area contributed by atoms with Gasteiger partial charge in [0.25, 0.3) is 0 Å². The van der Waals surface area contributed by atoms with Gasteiger partial charge in [0.2, 0.25) is 5.91 Å². The van der Waals surface area contributed by atoms with E-state index in [9.17, 15) is 9.59 Å². The van der Waals surface area contributed by atoms with Gasteiger partial charge in [0.05, 0.1) is 12.3 Å². The van der Waals surface area contributed by atoms with Gasteiger partial charge in [-0.05, 0) is 30.4 Å². The molecular formula is C24H27N3O3. The van der Waals surface area contributed by atoms with Gasteiger partial charge >= 0.3 is 5.97 Å². The van der Waals surface area contributed by atoms with Crippen molar-refractivity contribution in [2.45, 2.75) is 38.1 Å². The number of hydrazone groups is 1. The second-order valence-corrected chi connectivity index (χ2v) is 7.92. The lowest BCUT2D eigenvalue weighted by atomic mass is 9.79. The van der Waals surface area contributed by atoms with Crippen molar-refractivity contribution in [1.82, 2.24) is 5.01 Å². The van der Waals surface area contributed by atoms with Crippen LogP contribution in [0.1, 0.15) is 36.0 Å². The highest BCUT2D eigenvalue weighted by atomic mass is 16.5. The molecule has 0 fully saturated rings. The lowest BCUT2D eigenvalue weighted by molar-refractivity contribution is -0.145. The predicted molar refractivity (Wildman–Crippen MR) is 115 cm³/mol. The molecule has 0 spiro atoms. The number of fused-ring (bicyclic) bond motifs is 3. The number of ether oxygens (including phenoxy) is 1. The van der Waals surface area contributed by atoms with Gasteiger partial charge in [-0.3, -0.25) is 9.59 Å². The van der Waals surface area contributed by atoms with Crippen LogP contribution in [0.2, 0.25) is 0 Å². The number of carbonyl (C=O) groups is 2. The summed E-state index contributed by atoms with van der Waals surface area (Å²) in [6.07, 6.45) is 3.42. The van der Waals surface area contributed by atoms with Crippen LogP contribution in [0.3, 0.4) is 0 Å². The first-order valence-corrected chi connectivity index (χ1v) is 10.5. The molecule has 1 aliphatic carbocycles. The Hall–Kier alpha value is -2.99. The van der Waals surface area contributed by atoms with Crippen molar-refractivity contribution in [2.24, 2.45) is 16.8 Å². The Bertz CT molecular complexity index is 942. The molecule has 1 aliphatic heterocycles. The van der Waals surface area contributed by atoms with Gasteiger partial charge in [0.15, 0.2) is 0 Å². The summed E-state index contributed by atoms with van der Waals surface area (Å²) in [6.45, 7) is 0.647. The summed E-state index contributed by atoms with van der Waals surface area (Å²) in [5.41, 5.74) is 10.4. The van der Waals surface area contributed by atoms with Gasteiger partial charge in [-0.1, -0.05) is 54.6 Å². The van der Waals surface area contributed by atoms with Crippen molar-refractivity contribution < 1.29 is 14.3 Å². The molecule has 30 heavy (non-hydrogen) atoms. The Balaban J connectivity index is 1.29. The van der Waals surface area contributed by atoms with Crippen LogP contribution >= 0.6 is 0 Å². The minimum atomic E-state index is -0.691. The minimum Gasteiger partial charge on any atom is -0.464 e. The third-order valence-corrected chi connectivity index (χ3v) is 5.74. The molecule has 4 rings (SSSR count). The van der Waals surface area contributed by atoms with Crippen molar-refractivity contribution in [3.8, 4) is 0 Å². The summed E-state index contributed by atoms with van der Waals surface area (Å²) in [5, 5.41) is 6.20. The van der Waals surface area contributed by atoms with Crippen LogP contribution in [-0.4, -0.2) is 41.8 Å². The zero-order valence-electron chi connectivity index (χ0n) is 17.0. The third kappa shape index (κ3) is 4.60. The highest BCUT2D eigenvalue weighted by Gasteiger charge is 2.33. The topological polar surface area (TPSA) is 85.0 Å². The van der Waals surface area contributed by atoms with Crippen molar-refractivity contribution in [3.05, 3.63) is 71.3 Å². The second-order valence-electron chi connectivity index (χ2n) is 7.92. The number of esters is 1. The number of hydrogen-bond donors (Lipinski definition) is 1. The van der Waals surface area contributed by atoms with Gasteiger partial charge in [-0.2, -0.15) is 5.10 Å². The molecule has 0 aromatic heterocycles. The zero-order valence-corrected chi connectivity index (χ0v) is 17.0. The summed E-state index contributed by atoms with van der Waals surface area (Å²) < 4.78 is 5.31. The Kier molecular flexibility index (Phi) is 6.23. The maximum absolute atomic E-state index is 12.5. The fraction of sp³-hybridized carbons (Fsp3) is 0.375. The molecule has 2 aliphatic rings. The van der Waals surface area contributed by atoms with Crippen LogP contribution in [0.4, 0.5) is 0 Å². The number of aryl methyl sites for hydroxylation is 1. The molecule has 6 heteroatoms. The summed E-state index contributed by atoms with van der Waals surface area (Å²) in [5.74, 6) is -0.177. The zero-order chi connectivity index (χ0) is 20.9. The Morgan fingerprint density at radius 3 is 2.77 bits per heavy atom. The highest BCUT2D eigenvalue weighted by Crippen LogP contribution is 2.31. The minimum absolute atomic E-state index is 0.0373. The standard InChI is InChI=1S/C24H27N3O3/c25-21(15-17-7-2-1-3-8-17)24(29)30-14-6-13-27-22(28)16-19-12-11-18-9-4-5-10-20(18)23(19)26-27/h1-5,7-10,19,21H,6,11-16,25H2. The summed E-state index contributed by atoms with van der Waals surface area (Å²) >= 11 is 0. The van der Waals surface area contributed by atoms with Crippen molar-refractivity contribution in [2.75, 3.05) is 13.2 Å². The van der Waals surface area contributed by atoms with Gasteiger partial charge in [0.1, 0.15) is 6.04 Å². The van der Waals surface area contributed by atoms with Crippen molar-refractivity contribution in [3.63, 3.8) is 0 Å². The quantitative estimate of drug-likeness (QED) is 0.567. The van der Waals surface area contributed by atoms with Crippen LogP contribution in [0.25, 0.3) is 0 Å². The van der Waals surface area contributed by atoms with E-state index in [1.165, 1.54) is 10.6 Å². The van der Waals surface area contributed by atoms with E-state index in [2.05, 4.69) is 17.2 Å². The first kappa shape index (κ1) is 20.3. The van der Waals surface area contributed by atoms with Crippen LogP contribution in [0, 0.1) is 5.92 Å². The van der Waals surface area contributed by atoms with Gasteiger partial charge in [-0.15, -0.1) is 0 Å². The van der Waals surface area contributed by atoms with Crippen molar-refractivity contribution >= 4 is 17.6 Å². The lowest BCUT2D eigenvalue weighted by Crippen LogP contribution is -2.40. The van der Waals surface area contributed by atoms with E-state index < -0.39 is 12.0 Å². The monoisotopic (exact) mass is 405 g/mol. The number of nitrogens with zero attached hydrogens (tertiary/aromatic N) is 2. The number of carbonyl (C=O) groups excluding carboxylic acids is 2. The van der Waals surface area contributed by atoms with Crippen LogP contribution in [0.15, 0.2) is 59.7 Å². The molecular weight excluding hydrogens is 378 g/mol. The summed E-state index contributed by atoms with van der Waals surface area (Å²) in [6, 6.07) is 17.2. The average molecular weight is 405 g/mol. The molecule has 1 amide bonds. The van der Waals surface area contributed by atoms with Crippen LogP contribution in [0.5, 0.6) is 0 Å². The van der Waals surface area contributed by atoms with E-state index in [1.54, 1.807) is 0 Å². The molecule has 0 radical (unpaired) electrons. The Labute approximate surface area is 176 Å². The molecule has 156 valence electrons. The van der Waals surface area contributed by atoms with E-state index in [1.807, 2.05) is 42.5 Å². The molecule has 0 saturated heterocycles. The average Bonchev–Trinajstić information content (AvgIpc) is 2.77. The molecule has 1 heterocycles. The first-order valence-electron chi connectivity index (χ1n) is 10.5. The number of benzene rings is 2. The van der Waals surface area contributed by atoms with Crippen molar-refractivity contribution in [1.29, 1.82) is 0 Å². The maximum Gasteiger partial charge on any atom is 0.323 e. The number of hydrogen-bond acceptors (Lipinski definition) is 5. The van der Waals surface area contributed by atoms with Gasteiger partial charge < -0.3 is 10.5 Å². The maximum atomic E-state index is 12.5. The molecule has 0 bridgehead atoms.